The third-order valence-corrected chi connectivity index (χ3v) is 3.93. The first-order valence-corrected chi connectivity index (χ1v) is 8.40. The van der Waals surface area contributed by atoms with E-state index in [4.69, 9.17) is 10.5 Å². The molecule has 0 aromatic rings. The summed E-state index contributed by atoms with van der Waals surface area (Å²) in [6.07, 6.45) is 2.79. The zero-order valence-electron chi connectivity index (χ0n) is 14.5. The number of likely N-dealkylation sites (tertiary alicyclic amines) is 1. The van der Waals surface area contributed by atoms with Gasteiger partial charge in [-0.15, -0.1) is 0 Å². The van der Waals surface area contributed by atoms with Crippen molar-refractivity contribution in [3.8, 4) is 0 Å². The lowest BCUT2D eigenvalue weighted by atomic mass is 10.00. The van der Waals surface area contributed by atoms with Gasteiger partial charge in [0.1, 0.15) is 0 Å². The summed E-state index contributed by atoms with van der Waals surface area (Å²) < 4.78 is 4.95. The van der Waals surface area contributed by atoms with Gasteiger partial charge in [0.15, 0.2) is 5.96 Å². The van der Waals surface area contributed by atoms with E-state index in [0.717, 1.165) is 38.3 Å². The van der Waals surface area contributed by atoms with E-state index in [9.17, 15) is 4.79 Å². The molecule has 1 atom stereocenters. The quantitative estimate of drug-likeness (QED) is 0.582. The molecule has 0 aromatic carbocycles. The molecular weight excluding hydrogens is 280 g/mol. The highest BCUT2D eigenvalue weighted by atomic mass is 16.5. The Labute approximate surface area is 134 Å². The van der Waals surface area contributed by atoms with Crippen LogP contribution in [0, 0.1) is 11.8 Å². The van der Waals surface area contributed by atoms with Crippen LogP contribution in [0.5, 0.6) is 0 Å². The number of hydrogen-bond acceptors (Lipinski definition) is 3. The fraction of sp³-hybridized carbons (Fsp3) is 0.875. The Morgan fingerprint density at radius 1 is 1.41 bits per heavy atom. The van der Waals surface area contributed by atoms with Gasteiger partial charge in [0.2, 0.25) is 0 Å². The van der Waals surface area contributed by atoms with Gasteiger partial charge in [-0.1, -0.05) is 20.8 Å². The van der Waals surface area contributed by atoms with Crippen molar-refractivity contribution in [1.29, 1.82) is 0 Å². The molecule has 0 saturated carbocycles. The molecule has 0 aliphatic carbocycles. The number of nitrogens with zero attached hydrogens (tertiary/aromatic N) is 2. The molecule has 128 valence electrons. The Bertz CT molecular complexity index is 363. The Balaban J connectivity index is 2.52. The van der Waals surface area contributed by atoms with Crippen molar-refractivity contribution in [2.45, 2.75) is 53.0 Å². The van der Waals surface area contributed by atoms with Crippen molar-refractivity contribution in [2.75, 3.05) is 26.2 Å². The van der Waals surface area contributed by atoms with Gasteiger partial charge in [-0.3, -0.25) is 4.99 Å². The summed E-state index contributed by atoms with van der Waals surface area (Å²) >= 11 is 0. The minimum atomic E-state index is -0.381. The van der Waals surface area contributed by atoms with Crippen LogP contribution >= 0.6 is 0 Å². The number of carbonyl (C=O) groups is 1. The highest BCUT2D eigenvalue weighted by Crippen LogP contribution is 2.15. The summed E-state index contributed by atoms with van der Waals surface area (Å²) in [5, 5.41) is 2.87. The van der Waals surface area contributed by atoms with E-state index in [1.807, 2.05) is 0 Å². The zero-order valence-corrected chi connectivity index (χ0v) is 14.5. The molecule has 1 heterocycles. The summed E-state index contributed by atoms with van der Waals surface area (Å²) in [6.45, 7) is 11.1. The standard InChI is InChI=1S/C16H32N4O2/c1-5-22-16(21)19-14(10-12(2)3)11-18-15(17)20-8-6-13(4)7-9-20/h12-14H,5-11H2,1-4H3,(H2,17,18)(H,19,21). The van der Waals surface area contributed by atoms with E-state index in [1.165, 1.54) is 0 Å². The summed E-state index contributed by atoms with van der Waals surface area (Å²) in [4.78, 5) is 18.2. The molecule has 1 unspecified atom stereocenters. The lowest BCUT2D eigenvalue weighted by Gasteiger charge is -2.31. The zero-order chi connectivity index (χ0) is 16.5. The molecule has 1 saturated heterocycles. The number of ether oxygens (including phenoxy) is 1. The van der Waals surface area contributed by atoms with Crippen molar-refractivity contribution in [2.24, 2.45) is 22.6 Å². The lowest BCUT2D eigenvalue weighted by molar-refractivity contribution is 0.147. The largest absolute Gasteiger partial charge is 0.450 e. The topological polar surface area (TPSA) is 79.9 Å². The van der Waals surface area contributed by atoms with Crippen LogP contribution in [0.2, 0.25) is 0 Å². The van der Waals surface area contributed by atoms with E-state index in [1.54, 1.807) is 6.92 Å². The minimum Gasteiger partial charge on any atom is -0.450 e. The highest BCUT2D eigenvalue weighted by molar-refractivity contribution is 5.78. The van der Waals surface area contributed by atoms with E-state index < -0.39 is 0 Å². The summed E-state index contributed by atoms with van der Waals surface area (Å²) in [5.74, 6) is 1.83. The monoisotopic (exact) mass is 312 g/mol. The molecule has 0 bridgehead atoms. The number of alkyl carbamates (subject to hydrolysis) is 1. The van der Waals surface area contributed by atoms with Crippen LogP contribution in [0.1, 0.15) is 47.0 Å². The van der Waals surface area contributed by atoms with Crippen LogP contribution in [-0.2, 0) is 4.74 Å². The second-order valence-corrected chi connectivity index (χ2v) is 6.56. The second kappa shape index (κ2) is 9.54. The Morgan fingerprint density at radius 3 is 2.59 bits per heavy atom. The summed E-state index contributed by atoms with van der Waals surface area (Å²) in [7, 11) is 0. The smallest absolute Gasteiger partial charge is 0.407 e. The lowest BCUT2D eigenvalue weighted by Crippen LogP contribution is -2.44. The van der Waals surface area contributed by atoms with Crippen LogP contribution in [0.25, 0.3) is 0 Å². The summed E-state index contributed by atoms with van der Waals surface area (Å²) in [5.41, 5.74) is 6.09. The fourth-order valence-electron chi connectivity index (χ4n) is 2.63. The predicted molar refractivity (Wildman–Crippen MR) is 89.9 cm³/mol. The molecule has 22 heavy (non-hydrogen) atoms. The van der Waals surface area contributed by atoms with E-state index in [-0.39, 0.29) is 12.1 Å². The molecule has 1 fully saturated rings. The number of hydrogen-bond donors (Lipinski definition) is 2. The molecule has 1 amide bonds. The van der Waals surface area contributed by atoms with Crippen LogP contribution in [0.3, 0.4) is 0 Å². The van der Waals surface area contributed by atoms with Crippen molar-refractivity contribution >= 4 is 12.1 Å². The van der Waals surface area contributed by atoms with Crippen molar-refractivity contribution in [1.82, 2.24) is 10.2 Å². The van der Waals surface area contributed by atoms with Crippen LogP contribution in [0.4, 0.5) is 4.79 Å². The SMILES string of the molecule is CCOC(=O)NC(CN=C(N)N1CCC(C)CC1)CC(C)C. The van der Waals surface area contributed by atoms with Crippen molar-refractivity contribution in [3.05, 3.63) is 0 Å². The van der Waals surface area contributed by atoms with Gasteiger partial charge in [0, 0.05) is 13.1 Å². The Kier molecular flexibility index (Phi) is 8.06. The predicted octanol–water partition coefficient (Wildman–Crippen LogP) is 2.19. The first-order chi connectivity index (χ1) is 10.4. The third-order valence-electron chi connectivity index (χ3n) is 3.93. The normalized spacial score (nSPS) is 18.4. The minimum absolute atomic E-state index is 0.0404. The van der Waals surface area contributed by atoms with Crippen LogP contribution in [-0.4, -0.2) is 49.2 Å². The highest BCUT2D eigenvalue weighted by Gasteiger charge is 2.18. The molecule has 6 heteroatoms. The number of nitrogens with two attached hydrogens (primary N) is 1. The number of amides is 1. The second-order valence-electron chi connectivity index (χ2n) is 6.56. The van der Waals surface area contributed by atoms with Gasteiger partial charge >= 0.3 is 6.09 Å². The fourth-order valence-corrected chi connectivity index (χ4v) is 2.63. The van der Waals surface area contributed by atoms with Gasteiger partial charge in [0.25, 0.3) is 0 Å². The van der Waals surface area contributed by atoms with Crippen molar-refractivity contribution < 1.29 is 9.53 Å². The third kappa shape index (κ3) is 7.00. The molecule has 1 aliphatic rings. The van der Waals surface area contributed by atoms with Gasteiger partial charge in [-0.25, -0.2) is 4.79 Å². The first kappa shape index (κ1) is 18.6. The molecule has 1 aliphatic heterocycles. The number of aliphatic imine (C=N–C) groups is 1. The van der Waals surface area contributed by atoms with Gasteiger partial charge in [-0.05, 0) is 38.0 Å². The van der Waals surface area contributed by atoms with Crippen LogP contribution in [0.15, 0.2) is 4.99 Å². The molecule has 3 N–H and O–H groups in total. The van der Waals surface area contributed by atoms with E-state index in [2.05, 4.69) is 36.0 Å². The molecule has 0 aromatic heterocycles. The molecule has 1 rings (SSSR count). The maximum atomic E-state index is 11.6. The van der Waals surface area contributed by atoms with Gasteiger partial charge in [0.05, 0.1) is 19.2 Å². The Morgan fingerprint density at radius 2 is 2.05 bits per heavy atom. The number of piperidine rings is 1. The molecule has 6 nitrogen and oxygen atoms in total. The van der Waals surface area contributed by atoms with E-state index in [0.29, 0.717) is 25.0 Å². The van der Waals surface area contributed by atoms with Crippen molar-refractivity contribution in [3.63, 3.8) is 0 Å². The maximum Gasteiger partial charge on any atom is 0.407 e. The number of rotatable bonds is 6. The average Bonchev–Trinajstić information content (AvgIpc) is 2.45. The van der Waals surface area contributed by atoms with Crippen LogP contribution < -0.4 is 11.1 Å². The van der Waals surface area contributed by atoms with Gasteiger partial charge < -0.3 is 20.7 Å². The maximum absolute atomic E-state index is 11.6. The Hall–Kier alpha value is -1.46. The number of nitrogens with one attached hydrogen (secondary N) is 1. The first-order valence-electron chi connectivity index (χ1n) is 8.40. The molecular formula is C16H32N4O2. The molecule has 0 spiro atoms. The summed E-state index contributed by atoms with van der Waals surface area (Å²) in [6, 6.07) is -0.0404. The van der Waals surface area contributed by atoms with E-state index >= 15 is 0 Å². The van der Waals surface area contributed by atoms with Gasteiger partial charge in [-0.2, -0.15) is 0 Å². The molecule has 0 radical (unpaired) electrons. The number of carbonyl (C=O) groups excluding carboxylic acids is 1. The average molecular weight is 312 g/mol. The number of guanidine groups is 1.